The molecule has 0 saturated carbocycles. The van der Waals surface area contributed by atoms with Crippen LogP contribution in [0.4, 0.5) is 0 Å². The Labute approximate surface area is 220 Å². The van der Waals surface area contributed by atoms with Gasteiger partial charge in [-0.3, -0.25) is 4.79 Å². The SMILES string of the molecule is COCCn1c(=NC(=O)c2ccc(S(=O)(=O)N3C[C@@H](C)C[C@H](C)C3)cc2)sc2cc(S(N)(=O)=O)ccc21. The quantitative estimate of drug-likeness (QED) is 0.466. The summed E-state index contributed by atoms with van der Waals surface area (Å²) in [7, 11) is -6.00. The Morgan fingerprint density at radius 3 is 2.27 bits per heavy atom. The summed E-state index contributed by atoms with van der Waals surface area (Å²) < 4.78 is 58.9. The third kappa shape index (κ3) is 6.02. The van der Waals surface area contributed by atoms with Gasteiger partial charge in [0.2, 0.25) is 20.0 Å². The van der Waals surface area contributed by atoms with Crippen LogP contribution in [0, 0.1) is 11.8 Å². The highest BCUT2D eigenvalue weighted by Gasteiger charge is 2.31. The number of sulfonamides is 2. The molecule has 200 valence electrons. The third-order valence-corrected chi connectivity index (χ3v) is 10.1. The first kappa shape index (κ1) is 27.6. The van der Waals surface area contributed by atoms with Crippen LogP contribution in [0.15, 0.2) is 57.2 Å². The van der Waals surface area contributed by atoms with E-state index in [0.717, 1.165) is 17.8 Å². The van der Waals surface area contributed by atoms with Crippen LogP contribution in [0.2, 0.25) is 0 Å². The average molecular weight is 567 g/mol. The summed E-state index contributed by atoms with van der Waals surface area (Å²) in [5.41, 5.74) is 0.924. The molecule has 2 atom stereocenters. The molecular formula is C24H30N4O6S3. The number of hydrogen-bond acceptors (Lipinski definition) is 7. The minimum Gasteiger partial charge on any atom is -0.383 e. The zero-order valence-corrected chi connectivity index (χ0v) is 23.3. The van der Waals surface area contributed by atoms with Gasteiger partial charge in [-0.2, -0.15) is 9.30 Å². The van der Waals surface area contributed by atoms with Crippen molar-refractivity contribution >= 4 is 47.5 Å². The summed E-state index contributed by atoms with van der Waals surface area (Å²) in [6.45, 7) is 5.78. The molecule has 1 aliphatic rings. The standard InChI is InChI=1S/C24H30N4O6S3/c1-16-12-17(2)15-27(14-16)37(32,33)19-6-4-18(5-7-19)23(29)26-24-28(10-11-34-3)21-9-8-20(36(25,30)31)13-22(21)35-24/h4-9,13,16-17H,10-12,14-15H2,1-3H3,(H2,25,30,31)/t16-,17-/m0/s1. The second-order valence-corrected chi connectivity index (χ2v) is 13.9. The number of methoxy groups -OCH3 is 1. The Morgan fingerprint density at radius 2 is 1.68 bits per heavy atom. The van der Waals surface area contributed by atoms with Gasteiger partial charge in [0.25, 0.3) is 5.91 Å². The average Bonchev–Trinajstić information content (AvgIpc) is 3.17. The Kier molecular flexibility index (Phi) is 8.02. The molecule has 10 nitrogen and oxygen atoms in total. The normalized spacial score (nSPS) is 19.9. The van der Waals surface area contributed by atoms with Gasteiger partial charge in [-0.1, -0.05) is 25.2 Å². The van der Waals surface area contributed by atoms with E-state index < -0.39 is 26.0 Å². The fourth-order valence-corrected chi connectivity index (χ4v) is 7.97. The van der Waals surface area contributed by atoms with Gasteiger partial charge in [0.1, 0.15) is 0 Å². The first-order valence-electron chi connectivity index (χ1n) is 11.7. The molecule has 0 unspecified atom stereocenters. The highest BCUT2D eigenvalue weighted by Crippen LogP contribution is 2.27. The summed E-state index contributed by atoms with van der Waals surface area (Å²) in [6.07, 6.45) is 0.992. The van der Waals surface area contributed by atoms with Gasteiger partial charge in [0, 0.05) is 32.3 Å². The lowest BCUT2D eigenvalue weighted by Crippen LogP contribution is -2.42. The molecule has 1 aliphatic heterocycles. The van der Waals surface area contributed by atoms with Crippen LogP contribution in [0.3, 0.4) is 0 Å². The van der Waals surface area contributed by atoms with Crippen molar-refractivity contribution in [1.29, 1.82) is 0 Å². The van der Waals surface area contributed by atoms with Gasteiger partial charge in [0.05, 0.1) is 26.6 Å². The maximum atomic E-state index is 13.1. The lowest BCUT2D eigenvalue weighted by atomic mass is 9.94. The molecule has 0 radical (unpaired) electrons. The molecule has 4 rings (SSSR count). The van der Waals surface area contributed by atoms with E-state index in [9.17, 15) is 21.6 Å². The van der Waals surface area contributed by atoms with Crippen LogP contribution in [0.5, 0.6) is 0 Å². The number of carbonyl (C=O) groups excluding carboxylic acids is 1. The Morgan fingerprint density at radius 1 is 1.05 bits per heavy atom. The summed E-state index contributed by atoms with van der Waals surface area (Å²) in [5, 5.41) is 5.26. The summed E-state index contributed by atoms with van der Waals surface area (Å²) in [5.74, 6) is 0.0178. The number of thiazole rings is 1. The lowest BCUT2D eigenvalue weighted by Gasteiger charge is -2.34. The molecule has 0 spiro atoms. The molecule has 2 N–H and O–H groups in total. The van der Waals surface area contributed by atoms with Gasteiger partial charge in [-0.05, 0) is 60.7 Å². The van der Waals surface area contributed by atoms with Crippen LogP contribution >= 0.6 is 11.3 Å². The first-order chi connectivity index (χ1) is 17.4. The van der Waals surface area contributed by atoms with Crippen LogP contribution < -0.4 is 9.94 Å². The maximum Gasteiger partial charge on any atom is 0.279 e. The molecule has 2 heterocycles. The molecule has 37 heavy (non-hydrogen) atoms. The highest BCUT2D eigenvalue weighted by atomic mass is 32.2. The monoisotopic (exact) mass is 566 g/mol. The van der Waals surface area contributed by atoms with Crippen molar-refractivity contribution in [2.24, 2.45) is 22.0 Å². The smallest absolute Gasteiger partial charge is 0.279 e. The molecule has 1 saturated heterocycles. The fourth-order valence-electron chi connectivity index (χ4n) is 4.59. The molecule has 1 amide bonds. The van der Waals surface area contributed by atoms with Crippen molar-refractivity contribution in [3.05, 3.63) is 52.8 Å². The van der Waals surface area contributed by atoms with Crippen LogP contribution in [-0.4, -0.2) is 58.4 Å². The van der Waals surface area contributed by atoms with E-state index >= 15 is 0 Å². The van der Waals surface area contributed by atoms with E-state index in [4.69, 9.17) is 9.88 Å². The minimum absolute atomic E-state index is 0.0349. The van der Waals surface area contributed by atoms with Gasteiger partial charge >= 0.3 is 0 Å². The van der Waals surface area contributed by atoms with Crippen molar-refractivity contribution in [1.82, 2.24) is 8.87 Å². The molecule has 1 aromatic heterocycles. The summed E-state index contributed by atoms with van der Waals surface area (Å²) in [4.78, 5) is 17.7. The Bertz CT molecular complexity index is 1580. The van der Waals surface area contributed by atoms with Crippen LogP contribution in [-0.2, 0) is 31.3 Å². The van der Waals surface area contributed by atoms with Crippen molar-refractivity contribution in [2.75, 3.05) is 26.8 Å². The molecule has 13 heteroatoms. The van der Waals surface area contributed by atoms with E-state index in [1.54, 1.807) is 17.7 Å². The number of ether oxygens (including phenoxy) is 1. The number of piperidine rings is 1. The van der Waals surface area contributed by atoms with Crippen LogP contribution in [0.25, 0.3) is 10.2 Å². The van der Waals surface area contributed by atoms with Crippen molar-refractivity contribution < 1.29 is 26.4 Å². The number of carbonyl (C=O) groups is 1. The highest BCUT2D eigenvalue weighted by molar-refractivity contribution is 7.89. The topological polar surface area (TPSA) is 141 Å². The first-order valence-corrected chi connectivity index (χ1v) is 15.5. The second-order valence-electron chi connectivity index (χ2n) is 9.41. The fraction of sp³-hybridized carbons (Fsp3) is 0.417. The van der Waals surface area contributed by atoms with E-state index in [0.29, 0.717) is 41.3 Å². The number of nitrogens with two attached hydrogens (primary N) is 1. The molecule has 1 fully saturated rings. The number of nitrogens with zero attached hydrogens (tertiary/aromatic N) is 3. The zero-order chi connectivity index (χ0) is 27.0. The number of primary sulfonamides is 1. The third-order valence-electron chi connectivity index (χ3n) is 6.27. The molecule has 0 bridgehead atoms. The summed E-state index contributed by atoms with van der Waals surface area (Å²) in [6, 6.07) is 10.3. The van der Waals surface area contributed by atoms with Crippen molar-refractivity contribution in [3.63, 3.8) is 0 Å². The van der Waals surface area contributed by atoms with Crippen LogP contribution in [0.1, 0.15) is 30.6 Å². The summed E-state index contributed by atoms with van der Waals surface area (Å²) >= 11 is 1.15. The van der Waals surface area contributed by atoms with Crippen molar-refractivity contribution in [2.45, 2.75) is 36.6 Å². The largest absolute Gasteiger partial charge is 0.383 e. The number of amides is 1. The Hall–Kier alpha value is -2.42. The van der Waals surface area contributed by atoms with Gasteiger partial charge in [-0.25, -0.2) is 22.0 Å². The molecule has 3 aromatic rings. The molecule has 0 aliphatic carbocycles. The number of hydrogen-bond donors (Lipinski definition) is 1. The number of fused-ring (bicyclic) bond motifs is 1. The number of benzene rings is 2. The predicted molar refractivity (Wildman–Crippen MR) is 141 cm³/mol. The minimum atomic E-state index is -3.89. The number of rotatable bonds is 7. The maximum absolute atomic E-state index is 13.1. The van der Waals surface area contributed by atoms with E-state index in [-0.39, 0.29) is 27.2 Å². The lowest BCUT2D eigenvalue weighted by molar-refractivity contribution is 0.0997. The van der Waals surface area contributed by atoms with Gasteiger partial charge < -0.3 is 9.30 Å². The predicted octanol–water partition coefficient (Wildman–Crippen LogP) is 2.40. The van der Waals surface area contributed by atoms with Gasteiger partial charge in [0.15, 0.2) is 4.80 Å². The van der Waals surface area contributed by atoms with E-state index in [1.165, 1.54) is 40.7 Å². The number of aromatic nitrogens is 1. The second kappa shape index (κ2) is 10.8. The van der Waals surface area contributed by atoms with Gasteiger partial charge in [-0.15, -0.1) is 0 Å². The van der Waals surface area contributed by atoms with Crippen molar-refractivity contribution in [3.8, 4) is 0 Å². The Balaban J connectivity index is 1.66. The zero-order valence-electron chi connectivity index (χ0n) is 20.8. The molecular weight excluding hydrogens is 536 g/mol. The van der Waals surface area contributed by atoms with E-state index in [1.807, 2.05) is 13.8 Å². The van der Waals surface area contributed by atoms with E-state index in [2.05, 4.69) is 4.99 Å². The molecule has 2 aromatic carbocycles.